The van der Waals surface area contributed by atoms with Crippen LogP contribution in [0.2, 0.25) is 5.02 Å². The maximum Gasteiger partial charge on any atom is 0.416 e. The summed E-state index contributed by atoms with van der Waals surface area (Å²) < 4.78 is 91.3. The Labute approximate surface area is 166 Å². The van der Waals surface area contributed by atoms with E-state index in [1.165, 1.54) is 38.4 Å². The summed E-state index contributed by atoms with van der Waals surface area (Å²) in [6.07, 6.45) is -4.75. The molecule has 0 fully saturated rings. The molecule has 0 amide bonds. The van der Waals surface area contributed by atoms with Crippen LogP contribution < -0.4 is 4.72 Å². The highest BCUT2D eigenvalue weighted by molar-refractivity contribution is 7.89. The van der Waals surface area contributed by atoms with Crippen LogP contribution in [-0.2, 0) is 32.8 Å². The second-order valence-corrected chi connectivity index (χ2v) is 10.1. The fourth-order valence-corrected chi connectivity index (χ4v) is 4.88. The molecule has 154 valence electrons. The smallest absolute Gasteiger partial charge is 0.207 e. The molecule has 2 aromatic rings. The lowest BCUT2D eigenvalue weighted by Gasteiger charge is -2.16. The summed E-state index contributed by atoms with van der Waals surface area (Å²) >= 11 is 5.77. The van der Waals surface area contributed by atoms with Crippen LogP contribution in [0.1, 0.15) is 11.1 Å². The van der Waals surface area contributed by atoms with Gasteiger partial charge < -0.3 is 0 Å². The van der Waals surface area contributed by atoms with Crippen LogP contribution in [0.3, 0.4) is 0 Å². The average molecular weight is 457 g/mol. The molecular weight excluding hydrogens is 441 g/mol. The van der Waals surface area contributed by atoms with Gasteiger partial charge in [0.1, 0.15) is 4.90 Å². The summed E-state index contributed by atoms with van der Waals surface area (Å²) in [5, 5.41) is -0.394. The molecule has 0 saturated heterocycles. The number of halogens is 4. The minimum atomic E-state index is -4.75. The molecule has 0 spiro atoms. The van der Waals surface area contributed by atoms with Gasteiger partial charge in [-0.2, -0.15) is 13.2 Å². The van der Waals surface area contributed by atoms with Crippen molar-refractivity contribution in [2.75, 3.05) is 14.1 Å². The molecule has 2 aromatic carbocycles. The van der Waals surface area contributed by atoms with Gasteiger partial charge in [-0.05, 0) is 29.8 Å². The van der Waals surface area contributed by atoms with Gasteiger partial charge in [-0.3, -0.25) is 0 Å². The second kappa shape index (κ2) is 7.99. The Bertz CT molecular complexity index is 1090. The molecule has 0 aliphatic rings. The predicted octanol–water partition coefficient (Wildman–Crippen LogP) is 3.09. The Balaban J connectivity index is 2.39. The number of alkyl halides is 3. The summed E-state index contributed by atoms with van der Waals surface area (Å²) in [4.78, 5) is -0.880. The normalized spacial score (nSPS) is 13.1. The van der Waals surface area contributed by atoms with Gasteiger partial charge in [0.05, 0.1) is 15.5 Å². The highest BCUT2D eigenvalue weighted by Crippen LogP contribution is 2.33. The molecule has 2 rings (SSSR count). The first-order chi connectivity index (χ1) is 12.8. The molecule has 0 saturated carbocycles. The van der Waals surface area contributed by atoms with Crippen LogP contribution in [0, 0.1) is 0 Å². The topological polar surface area (TPSA) is 83.6 Å². The SMILES string of the molecule is CN(C)S(=O)(=O)c1ccccc1CNS(=O)(=O)c1cc(C(F)(F)F)ccc1Cl. The molecule has 12 heteroatoms. The van der Waals surface area contributed by atoms with Gasteiger partial charge in [0.2, 0.25) is 20.0 Å². The Morgan fingerprint density at radius 2 is 1.61 bits per heavy atom. The fourth-order valence-electron chi connectivity index (χ4n) is 2.23. The van der Waals surface area contributed by atoms with Crippen LogP contribution in [0.25, 0.3) is 0 Å². The molecule has 28 heavy (non-hydrogen) atoms. The predicted molar refractivity (Wildman–Crippen MR) is 97.8 cm³/mol. The fraction of sp³-hybridized carbons (Fsp3) is 0.250. The van der Waals surface area contributed by atoms with Crippen molar-refractivity contribution >= 4 is 31.6 Å². The number of nitrogens with one attached hydrogen (secondary N) is 1. The zero-order valence-corrected chi connectivity index (χ0v) is 17.0. The number of hydrogen-bond donors (Lipinski definition) is 1. The number of benzene rings is 2. The summed E-state index contributed by atoms with van der Waals surface area (Å²) in [7, 11) is -5.66. The van der Waals surface area contributed by atoms with E-state index in [0.717, 1.165) is 10.4 Å². The van der Waals surface area contributed by atoms with E-state index in [1.54, 1.807) is 0 Å². The van der Waals surface area contributed by atoms with Crippen molar-refractivity contribution in [3.63, 3.8) is 0 Å². The summed E-state index contributed by atoms with van der Waals surface area (Å²) in [6, 6.07) is 7.60. The van der Waals surface area contributed by atoms with Gasteiger partial charge in [0.25, 0.3) is 0 Å². The highest BCUT2D eigenvalue weighted by Gasteiger charge is 2.33. The first-order valence-corrected chi connectivity index (χ1v) is 10.9. The molecule has 0 aliphatic heterocycles. The van der Waals surface area contributed by atoms with Crippen LogP contribution >= 0.6 is 11.6 Å². The lowest BCUT2D eigenvalue weighted by Crippen LogP contribution is -2.27. The van der Waals surface area contributed by atoms with Gasteiger partial charge in [0.15, 0.2) is 0 Å². The van der Waals surface area contributed by atoms with Crippen LogP contribution in [0.5, 0.6) is 0 Å². The zero-order chi connectivity index (χ0) is 21.3. The molecule has 0 bridgehead atoms. The highest BCUT2D eigenvalue weighted by atomic mass is 35.5. The van der Waals surface area contributed by atoms with E-state index in [9.17, 15) is 30.0 Å². The van der Waals surface area contributed by atoms with Gasteiger partial charge in [-0.15, -0.1) is 0 Å². The summed E-state index contributed by atoms with van der Waals surface area (Å²) in [5.41, 5.74) is -1.05. The zero-order valence-electron chi connectivity index (χ0n) is 14.7. The number of hydrogen-bond acceptors (Lipinski definition) is 4. The van der Waals surface area contributed by atoms with E-state index in [2.05, 4.69) is 4.72 Å². The van der Waals surface area contributed by atoms with Crippen molar-refractivity contribution in [1.82, 2.24) is 9.03 Å². The monoisotopic (exact) mass is 456 g/mol. The number of nitrogens with zero attached hydrogens (tertiary/aromatic N) is 1. The molecular formula is C16H16ClF3N2O4S2. The van der Waals surface area contributed by atoms with E-state index in [4.69, 9.17) is 11.6 Å². The molecule has 6 nitrogen and oxygen atoms in total. The van der Waals surface area contributed by atoms with E-state index in [0.29, 0.717) is 12.1 Å². The quantitative estimate of drug-likeness (QED) is 0.724. The van der Waals surface area contributed by atoms with Crippen molar-refractivity contribution < 1.29 is 30.0 Å². The summed E-state index contributed by atoms with van der Waals surface area (Å²) in [6.45, 7) is -0.460. The van der Waals surface area contributed by atoms with Gasteiger partial charge in [0, 0.05) is 20.6 Å². The van der Waals surface area contributed by atoms with Gasteiger partial charge in [-0.1, -0.05) is 29.8 Å². The third kappa shape index (κ3) is 4.84. The Hall–Kier alpha value is -1.66. The van der Waals surface area contributed by atoms with Crippen molar-refractivity contribution in [2.45, 2.75) is 22.5 Å². The molecule has 0 aliphatic carbocycles. The number of sulfonamides is 2. The maximum absolute atomic E-state index is 12.9. The Kier molecular flexibility index (Phi) is 6.46. The van der Waals surface area contributed by atoms with Crippen molar-refractivity contribution in [2.24, 2.45) is 0 Å². The first-order valence-electron chi connectivity index (χ1n) is 7.63. The van der Waals surface area contributed by atoms with E-state index >= 15 is 0 Å². The minimum Gasteiger partial charge on any atom is -0.207 e. The van der Waals surface area contributed by atoms with Crippen molar-refractivity contribution in [1.29, 1.82) is 0 Å². The summed E-state index contributed by atoms with van der Waals surface area (Å²) in [5.74, 6) is 0. The Morgan fingerprint density at radius 1 is 1.00 bits per heavy atom. The first kappa shape index (κ1) is 22.6. The molecule has 0 radical (unpaired) electrons. The third-order valence-corrected chi connectivity index (χ3v) is 7.53. The molecule has 0 aromatic heterocycles. The maximum atomic E-state index is 12.9. The minimum absolute atomic E-state index is 0.127. The largest absolute Gasteiger partial charge is 0.416 e. The third-order valence-electron chi connectivity index (χ3n) is 3.73. The van der Waals surface area contributed by atoms with Crippen LogP contribution in [0.4, 0.5) is 13.2 Å². The van der Waals surface area contributed by atoms with Crippen LogP contribution in [-0.4, -0.2) is 35.2 Å². The van der Waals surface area contributed by atoms with Crippen molar-refractivity contribution in [3.05, 3.63) is 58.6 Å². The van der Waals surface area contributed by atoms with Crippen molar-refractivity contribution in [3.8, 4) is 0 Å². The van der Waals surface area contributed by atoms with E-state index < -0.39 is 48.2 Å². The van der Waals surface area contributed by atoms with Gasteiger partial charge in [-0.25, -0.2) is 25.9 Å². The van der Waals surface area contributed by atoms with Crippen LogP contribution in [0.15, 0.2) is 52.3 Å². The lowest BCUT2D eigenvalue weighted by atomic mass is 10.2. The standard InChI is InChI=1S/C16H16ClF3N2O4S2/c1-22(2)28(25,26)14-6-4-3-5-11(14)10-21-27(23,24)15-9-12(16(18,19)20)7-8-13(15)17/h3-9,21H,10H2,1-2H3. The molecule has 1 N–H and O–H groups in total. The number of rotatable bonds is 6. The molecule has 0 atom stereocenters. The average Bonchev–Trinajstić information content (AvgIpc) is 2.59. The van der Waals surface area contributed by atoms with E-state index in [-0.39, 0.29) is 10.5 Å². The second-order valence-electron chi connectivity index (χ2n) is 5.86. The van der Waals surface area contributed by atoms with E-state index in [1.807, 2.05) is 0 Å². The Morgan fingerprint density at radius 3 is 2.18 bits per heavy atom. The molecule has 0 unspecified atom stereocenters. The van der Waals surface area contributed by atoms with Gasteiger partial charge >= 0.3 is 6.18 Å². The molecule has 0 heterocycles. The lowest BCUT2D eigenvalue weighted by molar-refractivity contribution is -0.137.